The normalized spacial score (nSPS) is 13.3. The molecule has 3 atom stereocenters. The van der Waals surface area contributed by atoms with Crippen molar-refractivity contribution in [2.45, 2.75) is 208 Å². The molecule has 0 aliphatic carbocycles. The van der Waals surface area contributed by atoms with Gasteiger partial charge in [0.1, 0.15) is 40.5 Å². The van der Waals surface area contributed by atoms with E-state index < -0.39 is 88.0 Å². The van der Waals surface area contributed by atoms with E-state index in [9.17, 15) is 41.8 Å². The van der Waals surface area contributed by atoms with Crippen LogP contribution in [0.25, 0.3) is 0 Å². The molecule has 462 valence electrons. The Labute approximate surface area is 510 Å². The van der Waals surface area contributed by atoms with Gasteiger partial charge in [-0.3, -0.25) is 23.5 Å². The third-order valence-electron chi connectivity index (χ3n) is 7.89. The van der Waals surface area contributed by atoms with Crippen LogP contribution in [0, 0.1) is 40.9 Å². The van der Waals surface area contributed by atoms with Gasteiger partial charge in [0.25, 0.3) is 10.1 Å². The molecule has 0 spiro atoms. The fourth-order valence-electron chi connectivity index (χ4n) is 5.14. The minimum Gasteiger partial charge on any atom is -1.00 e. The Balaban J connectivity index is -0.000000221. The number of hydrogen-bond acceptors (Lipinski definition) is 21. The van der Waals surface area contributed by atoms with E-state index in [1.807, 2.05) is 19.1 Å². The van der Waals surface area contributed by atoms with Crippen molar-refractivity contribution in [3.63, 3.8) is 0 Å². The number of nitrogens with one attached hydrogen (secondary N) is 2. The number of aldehydes is 1. The number of aryl methyl sites for hydroxylation is 1. The monoisotopic (exact) mass is 1210 g/mol. The number of hydrogen-bond donors (Lipinski definition) is 4. The fraction of sp³-hybridized carbons (Fsp3) is 0.655. The predicted molar refractivity (Wildman–Crippen MR) is 305 cm³/mol. The van der Waals surface area contributed by atoms with E-state index >= 15 is 0 Å². The number of allylic oxidation sites excluding steroid dienone is 2. The first-order chi connectivity index (χ1) is 36.9. The van der Waals surface area contributed by atoms with Crippen LogP contribution in [-0.2, 0) is 71.3 Å². The summed E-state index contributed by atoms with van der Waals surface area (Å²) in [5, 5.41) is 29.9. The van der Waals surface area contributed by atoms with Crippen molar-refractivity contribution in [2.24, 2.45) is 5.73 Å². The smallest absolute Gasteiger partial charge is 1.00 e. The third kappa shape index (κ3) is 59.4. The van der Waals surface area contributed by atoms with Crippen LogP contribution in [0.5, 0.6) is 0 Å². The largest absolute Gasteiger partial charge is 1.00 e. The number of rotatable bonds is 17. The maximum atomic E-state index is 11.8. The topological polar surface area (TPSA) is 369 Å². The van der Waals surface area contributed by atoms with Crippen molar-refractivity contribution in [1.82, 2.24) is 10.6 Å². The summed E-state index contributed by atoms with van der Waals surface area (Å²) in [5.41, 5.74) is 3.47. The SMILES string of the molecule is C1CCOC1.CC(C)(C)OC(=O)C[C@@H](/C=C/C#N)NC(=O)OC(C)(C)C.CC(C)(C)OC(=O)C[C@@H](C=O)NC(=O)OC(C)(C)C.CC(C)(C)OC(=O)C[C@H](N)/C=C/C#N.CCOP(=O)(CC#N)OCC.Cc1ccc(S(=O)(=O)O)cc1.[H-].[Na+]. The van der Waals surface area contributed by atoms with Crippen LogP contribution in [0.1, 0.15) is 157 Å². The number of nitrogens with two attached hydrogens (primary N) is 1. The van der Waals surface area contributed by atoms with Gasteiger partial charge in [-0.25, -0.2) is 9.59 Å². The minimum absolute atomic E-state index is 0. The van der Waals surface area contributed by atoms with Gasteiger partial charge in [0.2, 0.25) is 0 Å². The molecule has 27 heteroatoms. The van der Waals surface area contributed by atoms with Crippen LogP contribution in [0.2, 0.25) is 0 Å². The summed E-state index contributed by atoms with van der Waals surface area (Å²) in [5.74, 6) is -1.38. The first-order valence-corrected chi connectivity index (χ1v) is 28.9. The van der Waals surface area contributed by atoms with Crippen LogP contribution < -0.4 is 45.9 Å². The Morgan fingerprint density at radius 3 is 1.33 bits per heavy atom. The zero-order chi connectivity index (χ0) is 63.9. The molecule has 0 aromatic heterocycles. The molecule has 24 nitrogen and oxygen atoms in total. The van der Waals surface area contributed by atoms with Crippen molar-refractivity contribution >= 4 is 54.1 Å². The predicted octanol–water partition coefficient (Wildman–Crippen LogP) is 6.56. The van der Waals surface area contributed by atoms with E-state index in [2.05, 4.69) is 10.6 Å². The fourth-order valence-corrected chi connectivity index (χ4v) is 6.84. The van der Waals surface area contributed by atoms with Crippen molar-refractivity contribution < 1.29 is 115 Å². The summed E-state index contributed by atoms with van der Waals surface area (Å²) in [4.78, 5) is 68.4. The zero-order valence-corrected chi connectivity index (χ0v) is 55.4. The van der Waals surface area contributed by atoms with Gasteiger partial charge in [0.05, 0.1) is 67.7 Å². The first-order valence-electron chi connectivity index (χ1n) is 25.7. The Kier molecular flexibility index (Phi) is 45.3. The van der Waals surface area contributed by atoms with Crippen LogP contribution in [0.3, 0.4) is 0 Å². The Hall–Kier alpha value is -5.23. The number of amides is 2. The molecule has 1 aromatic rings. The molecule has 1 aromatic carbocycles. The molecular weight excluding hydrogens is 1120 g/mol. The number of carbonyl (C=O) groups excluding carboxylic acids is 6. The van der Waals surface area contributed by atoms with E-state index in [1.54, 1.807) is 136 Å². The molecule has 82 heavy (non-hydrogen) atoms. The molecule has 1 aliphatic heterocycles. The summed E-state index contributed by atoms with van der Waals surface area (Å²) in [6.45, 7) is 34.0. The van der Waals surface area contributed by atoms with Crippen LogP contribution >= 0.6 is 7.60 Å². The van der Waals surface area contributed by atoms with E-state index in [1.165, 1.54) is 49.3 Å². The van der Waals surface area contributed by atoms with Gasteiger partial charge in [-0.1, -0.05) is 29.8 Å². The van der Waals surface area contributed by atoms with Gasteiger partial charge in [-0.15, -0.1) is 0 Å². The molecule has 1 saturated heterocycles. The Morgan fingerprint density at radius 2 is 1.02 bits per heavy atom. The molecule has 2 amide bonds. The van der Waals surface area contributed by atoms with Gasteiger partial charge in [0.15, 0.2) is 0 Å². The molecule has 2 rings (SSSR count). The van der Waals surface area contributed by atoms with Crippen molar-refractivity contribution in [1.29, 1.82) is 15.8 Å². The standard InChI is InChI=1S/C15H24N2O4.C13H23NO5.C10H16N2O2.C7H8O3S.C6H12NO3P.C4H8O.Na.H/c1-14(2,3)20-12(18)10-11(8-7-9-16)17-13(19)21-15(4,5)6;1-12(2,3)18-10(16)7-9(8-15)14-11(17)19-13(4,5)6;1-10(2,3)14-9(13)7-8(12)5-4-6-11;1-6-2-4-7(5-3-6)11(8,9)10;1-3-9-11(8,6-5-7)10-4-2;1-2-4-5-3-1;;/h7-8,11H,10H2,1-6H3,(H,17,19);8-9H,7H2,1-6H3,(H,14,17);4-5,8H,7,12H2,1-3H3;2-5H,1H3,(H,8,9,10);3-4,6H2,1-2H3;1-4H2;;/q;;;;;;+1;-1/b8-7+;;5-4+;;;;;/t11-;9-;8-;;;;;/m101...../s1. The van der Waals surface area contributed by atoms with Gasteiger partial charge in [-0.05, 0) is 150 Å². The van der Waals surface area contributed by atoms with Crippen LogP contribution in [-0.4, -0.2) is 128 Å². The Bertz CT molecular complexity index is 2330. The van der Waals surface area contributed by atoms with Crippen molar-refractivity contribution in [3.8, 4) is 18.2 Å². The second-order valence-electron chi connectivity index (χ2n) is 22.0. The summed E-state index contributed by atoms with van der Waals surface area (Å²) in [6, 6.07) is 9.31. The number of nitrogens with zero attached hydrogens (tertiary/aromatic N) is 3. The summed E-state index contributed by atoms with van der Waals surface area (Å²) in [6.07, 6.45) is 6.62. The molecule has 1 heterocycles. The number of ether oxygens (including phenoxy) is 6. The van der Waals surface area contributed by atoms with Crippen LogP contribution in [0.15, 0.2) is 53.5 Å². The second-order valence-corrected chi connectivity index (χ2v) is 25.5. The zero-order valence-electron chi connectivity index (χ0n) is 52.7. The maximum Gasteiger partial charge on any atom is 1.00 e. The average molecular weight is 1210 g/mol. The molecule has 1 aliphatic rings. The second kappa shape index (κ2) is 43.4. The van der Waals surface area contributed by atoms with Gasteiger partial charge in [-0.2, -0.15) is 24.2 Å². The van der Waals surface area contributed by atoms with E-state index in [-0.39, 0.29) is 67.3 Å². The maximum absolute atomic E-state index is 11.8. The number of esters is 3. The molecule has 0 unspecified atom stereocenters. The van der Waals surface area contributed by atoms with Gasteiger partial charge in [0, 0.05) is 31.4 Å². The Morgan fingerprint density at radius 1 is 0.671 bits per heavy atom. The molecule has 0 saturated carbocycles. The average Bonchev–Trinajstić information content (AvgIpc) is 3.86. The number of alkyl carbamates (subject to hydrolysis) is 2. The van der Waals surface area contributed by atoms with Crippen molar-refractivity contribution in [3.05, 3.63) is 54.1 Å². The number of nitriles is 3. The molecule has 1 fully saturated rings. The van der Waals surface area contributed by atoms with E-state index in [0.29, 0.717) is 19.5 Å². The van der Waals surface area contributed by atoms with E-state index in [4.69, 9.17) is 63.5 Å². The molecule has 0 radical (unpaired) electrons. The molecular formula is C55H92N6NaO18PS. The first kappa shape index (κ1) is 85.6. The summed E-state index contributed by atoms with van der Waals surface area (Å²) >= 11 is 0. The van der Waals surface area contributed by atoms with Crippen molar-refractivity contribution in [2.75, 3.05) is 32.6 Å². The van der Waals surface area contributed by atoms with E-state index in [0.717, 1.165) is 18.8 Å². The molecule has 5 N–H and O–H groups in total. The van der Waals surface area contributed by atoms with Gasteiger partial charge >= 0.3 is 67.2 Å². The third-order valence-corrected chi connectivity index (χ3v) is 10.6. The number of carbonyl (C=O) groups is 6. The summed E-state index contributed by atoms with van der Waals surface area (Å²) in [7, 11) is -7.10. The van der Waals surface area contributed by atoms with Crippen LogP contribution in [0.4, 0.5) is 9.59 Å². The minimum atomic E-state index is -4.02. The summed E-state index contributed by atoms with van der Waals surface area (Å²) < 4.78 is 80.9. The van der Waals surface area contributed by atoms with Gasteiger partial charge < -0.3 is 60.1 Å². The quantitative estimate of drug-likeness (QED) is 0.0244. The molecule has 0 bridgehead atoms. The number of benzene rings is 1.